The van der Waals surface area contributed by atoms with Crippen LogP contribution in [0.2, 0.25) is 0 Å². The van der Waals surface area contributed by atoms with E-state index in [1.165, 1.54) is 32.1 Å². The van der Waals surface area contributed by atoms with Crippen LogP contribution in [0.25, 0.3) is 10.9 Å². The standard InChI is InChI=1S/C24H27N3O6/c1-5-6-11-27-18-10-8-7-9-17(18)21(28)20(24(27)30)23(29)26-25-14-15-12-16(31-2)13-19(32-3)22(15)33-4/h7-10,12-14,28H,5-6,11H2,1-4H3,(H,26,29)/b25-14+. The van der Waals surface area contributed by atoms with Gasteiger partial charge in [-0.3, -0.25) is 9.59 Å². The van der Waals surface area contributed by atoms with Gasteiger partial charge < -0.3 is 23.9 Å². The van der Waals surface area contributed by atoms with Gasteiger partial charge in [0.2, 0.25) is 0 Å². The van der Waals surface area contributed by atoms with Gasteiger partial charge in [-0.15, -0.1) is 0 Å². The predicted octanol–water partition coefficient (Wildman–Crippen LogP) is 3.30. The zero-order valence-electron chi connectivity index (χ0n) is 19.0. The van der Waals surface area contributed by atoms with Crippen molar-refractivity contribution in [1.82, 2.24) is 9.99 Å². The number of hydrogen-bond donors (Lipinski definition) is 2. The monoisotopic (exact) mass is 453 g/mol. The summed E-state index contributed by atoms with van der Waals surface area (Å²) in [6, 6.07) is 10.2. The molecule has 0 unspecified atom stereocenters. The van der Waals surface area contributed by atoms with E-state index in [9.17, 15) is 14.7 Å². The summed E-state index contributed by atoms with van der Waals surface area (Å²) in [6.45, 7) is 2.44. The minimum absolute atomic E-state index is 0.364. The van der Waals surface area contributed by atoms with Crippen LogP contribution in [0.3, 0.4) is 0 Å². The highest BCUT2D eigenvalue weighted by atomic mass is 16.5. The second kappa shape index (κ2) is 10.5. The number of carbonyl (C=O) groups excluding carboxylic acids is 1. The van der Waals surface area contributed by atoms with Crippen molar-refractivity contribution in [2.24, 2.45) is 5.10 Å². The number of fused-ring (bicyclic) bond motifs is 1. The number of hydrogen-bond acceptors (Lipinski definition) is 7. The number of aryl methyl sites for hydroxylation is 1. The third-order valence-electron chi connectivity index (χ3n) is 5.19. The van der Waals surface area contributed by atoms with Crippen LogP contribution in [0.1, 0.15) is 35.7 Å². The van der Waals surface area contributed by atoms with E-state index in [4.69, 9.17) is 14.2 Å². The minimum Gasteiger partial charge on any atom is -0.506 e. The fraction of sp³-hybridized carbons (Fsp3) is 0.292. The number of para-hydroxylation sites is 1. The summed E-state index contributed by atoms with van der Waals surface area (Å²) in [4.78, 5) is 26.0. The molecule has 0 aliphatic rings. The van der Waals surface area contributed by atoms with Crippen LogP contribution in [0.5, 0.6) is 23.0 Å². The van der Waals surface area contributed by atoms with Gasteiger partial charge in [-0.25, -0.2) is 5.43 Å². The Kier molecular flexibility index (Phi) is 7.55. The molecule has 2 N–H and O–H groups in total. The van der Waals surface area contributed by atoms with Crippen molar-refractivity contribution in [2.75, 3.05) is 21.3 Å². The lowest BCUT2D eigenvalue weighted by Crippen LogP contribution is -2.31. The summed E-state index contributed by atoms with van der Waals surface area (Å²) < 4.78 is 17.4. The second-order valence-electron chi connectivity index (χ2n) is 7.20. The fourth-order valence-electron chi connectivity index (χ4n) is 3.53. The smallest absolute Gasteiger partial charge is 0.280 e. The molecule has 3 rings (SSSR count). The average molecular weight is 453 g/mol. The SMILES string of the molecule is CCCCn1c(=O)c(C(=O)N/N=C/c2cc(OC)cc(OC)c2OC)c(O)c2ccccc21. The van der Waals surface area contributed by atoms with Crippen molar-refractivity contribution in [3.8, 4) is 23.0 Å². The van der Waals surface area contributed by atoms with Crippen molar-refractivity contribution >= 4 is 23.0 Å². The highest BCUT2D eigenvalue weighted by molar-refractivity contribution is 6.02. The molecule has 0 atom stereocenters. The number of amides is 1. The maximum absolute atomic E-state index is 13.1. The summed E-state index contributed by atoms with van der Waals surface area (Å²) >= 11 is 0. The van der Waals surface area contributed by atoms with Crippen LogP contribution in [0.15, 0.2) is 46.3 Å². The van der Waals surface area contributed by atoms with Crippen LogP contribution in [-0.4, -0.2) is 43.1 Å². The fourth-order valence-corrected chi connectivity index (χ4v) is 3.53. The van der Waals surface area contributed by atoms with Gasteiger partial charge in [-0.05, 0) is 24.6 Å². The van der Waals surface area contributed by atoms with E-state index in [-0.39, 0.29) is 11.3 Å². The van der Waals surface area contributed by atoms with Crippen molar-refractivity contribution in [3.63, 3.8) is 0 Å². The molecule has 174 valence electrons. The predicted molar refractivity (Wildman–Crippen MR) is 126 cm³/mol. The van der Waals surface area contributed by atoms with E-state index >= 15 is 0 Å². The number of benzene rings is 2. The molecule has 0 aliphatic carbocycles. The molecule has 9 heteroatoms. The minimum atomic E-state index is -0.821. The van der Waals surface area contributed by atoms with Gasteiger partial charge in [-0.1, -0.05) is 25.5 Å². The number of unbranched alkanes of at least 4 members (excludes halogenated alkanes) is 1. The molecule has 0 spiro atoms. The first-order valence-electron chi connectivity index (χ1n) is 10.4. The molecule has 0 aliphatic heterocycles. The Morgan fingerprint density at radius 2 is 1.91 bits per heavy atom. The first kappa shape index (κ1) is 23.6. The van der Waals surface area contributed by atoms with Crippen LogP contribution in [-0.2, 0) is 6.54 Å². The van der Waals surface area contributed by atoms with E-state index in [2.05, 4.69) is 10.5 Å². The normalized spacial score (nSPS) is 11.0. The number of pyridine rings is 1. The van der Waals surface area contributed by atoms with Gasteiger partial charge in [0.15, 0.2) is 11.5 Å². The van der Waals surface area contributed by atoms with Crippen LogP contribution < -0.4 is 25.2 Å². The molecule has 0 bridgehead atoms. The Morgan fingerprint density at radius 3 is 2.58 bits per heavy atom. The summed E-state index contributed by atoms with van der Waals surface area (Å²) in [6.07, 6.45) is 2.97. The molecule has 2 aromatic carbocycles. The quantitative estimate of drug-likeness (QED) is 0.380. The topological polar surface area (TPSA) is 111 Å². The van der Waals surface area contributed by atoms with Gasteiger partial charge in [0, 0.05) is 23.6 Å². The maximum atomic E-state index is 13.1. The Balaban J connectivity index is 1.98. The molecule has 9 nitrogen and oxygen atoms in total. The lowest BCUT2D eigenvalue weighted by atomic mass is 10.1. The third-order valence-corrected chi connectivity index (χ3v) is 5.19. The molecule has 0 saturated heterocycles. The van der Waals surface area contributed by atoms with Crippen molar-refractivity contribution in [1.29, 1.82) is 0 Å². The van der Waals surface area contributed by atoms with Crippen LogP contribution in [0, 0.1) is 0 Å². The molecule has 1 aromatic heterocycles. The molecule has 0 radical (unpaired) electrons. The summed E-state index contributed by atoms with van der Waals surface area (Å²) in [5.74, 6) is 0.129. The molecule has 0 fully saturated rings. The number of nitrogens with zero attached hydrogens (tertiary/aromatic N) is 2. The second-order valence-corrected chi connectivity index (χ2v) is 7.20. The molecular formula is C24H27N3O6. The lowest BCUT2D eigenvalue weighted by Gasteiger charge is -2.14. The number of carbonyl (C=O) groups is 1. The number of ether oxygens (including phenoxy) is 3. The van der Waals surface area contributed by atoms with E-state index in [0.29, 0.717) is 40.3 Å². The third kappa shape index (κ3) is 4.77. The molecule has 33 heavy (non-hydrogen) atoms. The molecule has 0 saturated carbocycles. The van der Waals surface area contributed by atoms with Crippen LogP contribution >= 0.6 is 0 Å². The van der Waals surface area contributed by atoms with Gasteiger partial charge in [-0.2, -0.15) is 5.10 Å². The maximum Gasteiger partial charge on any atom is 0.280 e. The van der Waals surface area contributed by atoms with E-state index in [0.717, 1.165) is 12.8 Å². The van der Waals surface area contributed by atoms with Crippen molar-refractivity contribution < 1.29 is 24.1 Å². The molecule has 3 aromatic rings. The number of methoxy groups -OCH3 is 3. The highest BCUT2D eigenvalue weighted by Crippen LogP contribution is 2.34. The largest absolute Gasteiger partial charge is 0.506 e. The van der Waals surface area contributed by atoms with E-state index in [1.807, 2.05) is 6.92 Å². The van der Waals surface area contributed by atoms with Gasteiger partial charge in [0.25, 0.3) is 11.5 Å². The highest BCUT2D eigenvalue weighted by Gasteiger charge is 2.22. The van der Waals surface area contributed by atoms with Crippen molar-refractivity contribution in [3.05, 3.63) is 57.9 Å². The number of aromatic hydroxyl groups is 1. The Bertz CT molecular complexity index is 1250. The molecular weight excluding hydrogens is 426 g/mol. The van der Waals surface area contributed by atoms with Gasteiger partial charge >= 0.3 is 0 Å². The lowest BCUT2D eigenvalue weighted by molar-refractivity contribution is 0.0950. The van der Waals surface area contributed by atoms with Gasteiger partial charge in [0.05, 0.1) is 33.1 Å². The summed E-state index contributed by atoms with van der Waals surface area (Å²) in [7, 11) is 4.48. The zero-order chi connectivity index (χ0) is 24.0. The first-order valence-corrected chi connectivity index (χ1v) is 10.4. The summed E-state index contributed by atoms with van der Waals surface area (Å²) in [5.41, 5.74) is 2.44. The van der Waals surface area contributed by atoms with E-state index < -0.39 is 11.5 Å². The number of hydrazone groups is 1. The van der Waals surface area contributed by atoms with Crippen molar-refractivity contribution in [2.45, 2.75) is 26.3 Å². The zero-order valence-corrected chi connectivity index (χ0v) is 19.0. The average Bonchev–Trinajstić information content (AvgIpc) is 2.83. The number of nitrogens with one attached hydrogen (secondary N) is 1. The summed E-state index contributed by atoms with van der Waals surface area (Å²) in [5, 5.41) is 15.1. The first-order chi connectivity index (χ1) is 16.0. The Hall–Kier alpha value is -4.01. The molecule has 1 amide bonds. The van der Waals surface area contributed by atoms with Crippen LogP contribution in [0.4, 0.5) is 0 Å². The molecule has 1 heterocycles. The van der Waals surface area contributed by atoms with Gasteiger partial charge in [0.1, 0.15) is 17.1 Å². The Morgan fingerprint density at radius 1 is 1.15 bits per heavy atom. The number of aromatic nitrogens is 1. The van der Waals surface area contributed by atoms with E-state index in [1.54, 1.807) is 36.4 Å². The number of rotatable bonds is 9. The Labute approximate surface area is 191 Å².